The van der Waals surface area contributed by atoms with Crippen LogP contribution in [0.4, 0.5) is 0 Å². The summed E-state index contributed by atoms with van der Waals surface area (Å²) in [7, 11) is 0. The van der Waals surface area contributed by atoms with Crippen molar-refractivity contribution in [3.05, 3.63) is 0 Å². The molecule has 0 aromatic heterocycles. The number of hydrogen-bond acceptors (Lipinski definition) is 2. The van der Waals surface area contributed by atoms with E-state index in [4.69, 9.17) is 0 Å². The summed E-state index contributed by atoms with van der Waals surface area (Å²) in [4.78, 5) is 12.4. The number of carbonyl (C=O) groups is 1. The molecule has 3 rings (SSSR count). The number of rotatable bonds is 2. The van der Waals surface area contributed by atoms with Crippen LogP contribution in [0.15, 0.2) is 0 Å². The molecule has 19 heavy (non-hydrogen) atoms. The second-order valence-electron chi connectivity index (χ2n) is 6.80. The fraction of sp³-hybridized carbons (Fsp3) is 0.938. The molecule has 0 spiro atoms. The molecule has 3 aliphatic rings. The molecule has 1 heterocycles. The van der Waals surface area contributed by atoms with Crippen LogP contribution < -0.4 is 10.6 Å². The normalized spacial score (nSPS) is 36.5. The van der Waals surface area contributed by atoms with E-state index in [1.807, 2.05) is 0 Å². The van der Waals surface area contributed by atoms with Gasteiger partial charge in [-0.1, -0.05) is 38.5 Å². The Balaban J connectivity index is 1.50. The van der Waals surface area contributed by atoms with Gasteiger partial charge in [0, 0.05) is 12.1 Å². The molecule has 3 fully saturated rings. The van der Waals surface area contributed by atoms with Crippen molar-refractivity contribution in [3.8, 4) is 0 Å². The zero-order valence-electron chi connectivity index (χ0n) is 12.0. The maximum atomic E-state index is 12.4. The standard InChI is InChI=1S/C16H28N2O/c19-16(17-13-8-3-1-2-4-9-13)15-11-12-7-5-6-10-14(12)18-15/h12-15,18H,1-11H2,(H,17,19). The number of nitrogens with one attached hydrogen (secondary N) is 2. The average Bonchev–Trinajstić information content (AvgIpc) is 2.70. The molecule has 3 nitrogen and oxygen atoms in total. The average molecular weight is 264 g/mol. The molecular formula is C16H28N2O. The van der Waals surface area contributed by atoms with Crippen molar-refractivity contribution in [1.82, 2.24) is 10.6 Å². The minimum Gasteiger partial charge on any atom is -0.352 e. The van der Waals surface area contributed by atoms with Crippen LogP contribution in [-0.2, 0) is 4.79 Å². The summed E-state index contributed by atoms with van der Waals surface area (Å²) in [5.74, 6) is 1.04. The van der Waals surface area contributed by atoms with Gasteiger partial charge in [-0.05, 0) is 38.0 Å². The fourth-order valence-corrected chi connectivity index (χ4v) is 4.25. The number of amides is 1. The molecule has 0 aromatic carbocycles. The lowest BCUT2D eigenvalue weighted by molar-refractivity contribution is -0.123. The van der Waals surface area contributed by atoms with E-state index in [1.54, 1.807) is 0 Å². The van der Waals surface area contributed by atoms with Gasteiger partial charge in [0.2, 0.25) is 5.91 Å². The Morgan fingerprint density at radius 1 is 0.895 bits per heavy atom. The van der Waals surface area contributed by atoms with E-state index < -0.39 is 0 Å². The van der Waals surface area contributed by atoms with Crippen LogP contribution >= 0.6 is 0 Å². The van der Waals surface area contributed by atoms with E-state index in [9.17, 15) is 4.79 Å². The van der Waals surface area contributed by atoms with Gasteiger partial charge >= 0.3 is 0 Å². The third-order valence-corrected chi connectivity index (χ3v) is 5.38. The summed E-state index contributed by atoms with van der Waals surface area (Å²) < 4.78 is 0. The molecule has 1 saturated heterocycles. The molecular weight excluding hydrogens is 236 g/mol. The quantitative estimate of drug-likeness (QED) is 0.753. The Hall–Kier alpha value is -0.570. The van der Waals surface area contributed by atoms with E-state index in [-0.39, 0.29) is 11.9 Å². The Morgan fingerprint density at radius 2 is 1.58 bits per heavy atom. The van der Waals surface area contributed by atoms with Crippen molar-refractivity contribution in [2.45, 2.75) is 88.8 Å². The highest BCUT2D eigenvalue weighted by Gasteiger charge is 2.38. The third-order valence-electron chi connectivity index (χ3n) is 5.38. The van der Waals surface area contributed by atoms with E-state index in [2.05, 4.69) is 10.6 Å². The van der Waals surface area contributed by atoms with Crippen LogP contribution in [0.5, 0.6) is 0 Å². The van der Waals surface area contributed by atoms with Crippen LogP contribution in [0.3, 0.4) is 0 Å². The molecule has 3 heteroatoms. The molecule has 0 bridgehead atoms. The van der Waals surface area contributed by atoms with Gasteiger partial charge in [-0.15, -0.1) is 0 Å². The molecule has 3 unspecified atom stereocenters. The monoisotopic (exact) mass is 264 g/mol. The van der Waals surface area contributed by atoms with Crippen LogP contribution in [0.1, 0.15) is 70.6 Å². The topological polar surface area (TPSA) is 41.1 Å². The highest BCUT2D eigenvalue weighted by molar-refractivity contribution is 5.82. The Labute approximate surface area is 116 Å². The zero-order chi connectivity index (χ0) is 13.1. The molecule has 0 aromatic rings. The van der Waals surface area contributed by atoms with Crippen molar-refractivity contribution in [3.63, 3.8) is 0 Å². The molecule has 2 N–H and O–H groups in total. The summed E-state index contributed by atoms with van der Waals surface area (Å²) in [6.07, 6.45) is 14.0. The van der Waals surface area contributed by atoms with Gasteiger partial charge in [-0.2, -0.15) is 0 Å². The predicted octanol–water partition coefficient (Wildman–Crippen LogP) is 2.75. The van der Waals surface area contributed by atoms with E-state index in [0.717, 1.165) is 12.3 Å². The predicted molar refractivity (Wildman–Crippen MR) is 76.9 cm³/mol. The first kappa shape index (κ1) is 13.4. The molecule has 1 amide bonds. The van der Waals surface area contributed by atoms with Gasteiger partial charge < -0.3 is 10.6 Å². The van der Waals surface area contributed by atoms with Gasteiger partial charge in [0.1, 0.15) is 0 Å². The summed E-state index contributed by atoms with van der Waals surface area (Å²) >= 11 is 0. The second kappa shape index (κ2) is 6.25. The largest absolute Gasteiger partial charge is 0.352 e. The lowest BCUT2D eigenvalue weighted by Crippen LogP contribution is -2.46. The molecule has 108 valence electrons. The first-order valence-corrected chi connectivity index (χ1v) is 8.39. The van der Waals surface area contributed by atoms with Gasteiger partial charge in [-0.3, -0.25) is 4.79 Å². The highest BCUT2D eigenvalue weighted by atomic mass is 16.2. The minimum atomic E-state index is 0.0938. The molecule has 0 radical (unpaired) electrons. The van der Waals surface area contributed by atoms with Gasteiger partial charge in [0.05, 0.1) is 6.04 Å². The Morgan fingerprint density at radius 3 is 2.32 bits per heavy atom. The summed E-state index contributed by atoms with van der Waals surface area (Å²) in [6.45, 7) is 0. The fourth-order valence-electron chi connectivity index (χ4n) is 4.25. The van der Waals surface area contributed by atoms with Crippen LogP contribution in [0.25, 0.3) is 0 Å². The number of hydrogen-bond donors (Lipinski definition) is 2. The Bertz CT molecular complexity index is 296. The maximum absolute atomic E-state index is 12.4. The third kappa shape index (κ3) is 3.31. The first-order chi connectivity index (χ1) is 9.33. The first-order valence-electron chi connectivity index (χ1n) is 8.39. The molecule has 2 saturated carbocycles. The van der Waals surface area contributed by atoms with Crippen molar-refractivity contribution in [1.29, 1.82) is 0 Å². The van der Waals surface area contributed by atoms with Crippen molar-refractivity contribution in [2.24, 2.45) is 5.92 Å². The number of carbonyl (C=O) groups excluding carboxylic acids is 1. The summed E-state index contributed by atoms with van der Waals surface area (Å²) in [5.41, 5.74) is 0. The van der Waals surface area contributed by atoms with Gasteiger partial charge in [-0.25, -0.2) is 0 Å². The molecule has 3 atom stereocenters. The lowest BCUT2D eigenvalue weighted by atomic mass is 9.85. The Kier molecular flexibility index (Phi) is 4.42. The van der Waals surface area contributed by atoms with E-state index in [0.29, 0.717) is 12.1 Å². The summed E-state index contributed by atoms with van der Waals surface area (Å²) in [5, 5.41) is 6.89. The lowest BCUT2D eigenvalue weighted by Gasteiger charge is -2.24. The SMILES string of the molecule is O=C(NC1CCCCCC1)C1CC2CCCCC2N1. The maximum Gasteiger partial charge on any atom is 0.237 e. The zero-order valence-corrected chi connectivity index (χ0v) is 12.0. The number of fused-ring (bicyclic) bond motifs is 1. The highest BCUT2D eigenvalue weighted by Crippen LogP contribution is 2.33. The van der Waals surface area contributed by atoms with Crippen molar-refractivity contribution >= 4 is 5.91 Å². The van der Waals surface area contributed by atoms with Crippen LogP contribution in [-0.4, -0.2) is 24.0 Å². The van der Waals surface area contributed by atoms with Gasteiger partial charge in [0.15, 0.2) is 0 Å². The minimum absolute atomic E-state index is 0.0938. The smallest absolute Gasteiger partial charge is 0.237 e. The molecule has 1 aliphatic heterocycles. The van der Waals surface area contributed by atoms with E-state index in [1.165, 1.54) is 64.2 Å². The van der Waals surface area contributed by atoms with Crippen LogP contribution in [0, 0.1) is 5.92 Å². The van der Waals surface area contributed by atoms with Crippen molar-refractivity contribution < 1.29 is 4.79 Å². The van der Waals surface area contributed by atoms with Crippen molar-refractivity contribution in [2.75, 3.05) is 0 Å². The molecule has 2 aliphatic carbocycles. The second-order valence-corrected chi connectivity index (χ2v) is 6.80. The van der Waals surface area contributed by atoms with Crippen LogP contribution in [0.2, 0.25) is 0 Å². The van der Waals surface area contributed by atoms with E-state index >= 15 is 0 Å². The summed E-state index contributed by atoms with van der Waals surface area (Å²) in [6, 6.07) is 1.16. The van der Waals surface area contributed by atoms with Gasteiger partial charge in [0.25, 0.3) is 0 Å².